The molecule has 11 N–H and O–H groups in total. The number of aliphatic hydroxyl groups is 1. The third kappa shape index (κ3) is 15.2. The average molecular weight is 686 g/mol. The van der Waals surface area contributed by atoms with Gasteiger partial charge in [-0.15, -0.1) is 0 Å². The summed E-state index contributed by atoms with van der Waals surface area (Å²) in [4.78, 5) is 93.4. The number of amides is 5. The molecule has 1 rings (SSSR count). The van der Waals surface area contributed by atoms with Gasteiger partial charge in [0.1, 0.15) is 36.0 Å². The van der Waals surface area contributed by atoms with Gasteiger partial charge in [-0.25, -0.2) is 4.79 Å². The van der Waals surface area contributed by atoms with Gasteiger partial charge in [-0.3, -0.25) is 33.8 Å². The fourth-order valence-corrected chi connectivity index (χ4v) is 4.95. The predicted octanol–water partition coefficient (Wildman–Crippen LogP) is -3.38. The molecule has 0 radical (unpaired) electrons. The number of nitrogens with zero attached hydrogens (tertiary/aromatic N) is 2. The second kappa shape index (κ2) is 20.7. The summed E-state index contributed by atoms with van der Waals surface area (Å²) < 4.78 is 0. The molecule has 1 aliphatic rings. The molecule has 5 atom stereocenters. The predicted molar refractivity (Wildman–Crippen MR) is 174 cm³/mol. The van der Waals surface area contributed by atoms with Crippen LogP contribution in [-0.4, -0.2) is 124 Å². The summed E-state index contributed by atoms with van der Waals surface area (Å²) in [6, 6.07) is -6.11. The van der Waals surface area contributed by atoms with Crippen molar-refractivity contribution in [3.8, 4) is 0 Å². The van der Waals surface area contributed by atoms with E-state index in [1.807, 2.05) is 0 Å². The van der Waals surface area contributed by atoms with Crippen LogP contribution in [0.2, 0.25) is 0 Å². The summed E-state index contributed by atoms with van der Waals surface area (Å²) in [6.45, 7) is 4.10. The molecule has 1 fully saturated rings. The topological polar surface area (TPSA) is 288 Å². The number of likely N-dealkylation sites (tertiary alicyclic amines) is 1. The Hall–Kier alpha value is -4.39. The molecule has 47 heavy (non-hydrogen) atoms. The minimum absolute atomic E-state index is 0.0465. The van der Waals surface area contributed by atoms with E-state index < -0.39 is 91.1 Å². The molecule has 1 aliphatic heterocycles. The normalized spacial score (nSPS) is 16.5. The quantitative estimate of drug-likeness (QED) is 0.0247. The Morgan fingerprint density at radius 3 is 2.11 bits per heavy atom. The molecule has 0 aromatic heterocycles. The van der Waals surface area contributed by atoms with Crippen molar-refractivity contribution in [3.05, 3.63) is 0 Å². The molecule has 0 unspecified atom stereocenters. The smallest absolute Gasteiger partial charge is 0.326 e. The summed E-state index contributed by atoms with van der Waals surface area (Å²) in [5, 5.41) is 31.2. The van der Waals surface area contributed by atoms with Gasteiger partial charge in [-0.1, -0.05) is 26.1 Å². The maximum absolute atomic E-state index is 13.2. The molecule has 0 bridgehead atoms. The Balaban J connectivity index is 2.92. The van der Waals surface area contributed by atoms with E-state index in [1.54, 1.807) is 18.7 Å². The number of nitrogens with one attached hydrogen (secondary N) is 5. The number of aliphatic carboxylic acids is 1. The standard InChI is InChI=1S/C28H47N9O9S/c1-15(2)10-18(23(41)36-20(13-38)25(43)34-17(27(45)46)6-4-8-31-28(29)30)35-24(42)19(11-16(3)39)33-22(40)12-32-26(44)21-7-5-9-37(21)14-47/h14-15,17-21,38H,4-13H2,1-3H3,(H,32,44)(H,33,40)(H,34,43)(H,35,42)(H,36,41)(H,45,46)(H4,29,30,31)/t17-,18-,19-,20-,21-/m0/s1. The molecule has 0 aromatic rings. The van der Waals surface area contributed by atoms with Crippen LogP contribution < -0.4 is 38.1 Å². The maximum atomic E-state index is 13.2. The lowest BCUT2D eigenvalue weighted by Crippen LogP contribution is -2.59. The average Bonchev–Trinajstić information content (AvgIpc) is 3.47. The first-order valence-electron chi connectivity index (χ1n) is 15.2. The monoisotopic (exact) mass is 685 g/mol. The van der Waals surface area contributed by atoms with Gasteiger partial charge in [0.2, 0.25) is 29.5 Å². The summed E-state index contributed by atoms with van der Waals surface area (Å²) in [7, 11) is 0. The third-order valence-corrected chi connectivity index (χ3v) is 7.29. The molecular formula is C28H47N9O9S. The number of carbonyl (C=O) groups is 7. The van der Waals surface area contributed by atoms with E-state index in [9.17, 15) is 43.8 Å². The van der Waals surface area contributed by atoms with Gasteiger partial charge in [0, 0.05) is 19.5 Å². The molecule has 0 aliphatic carbocycles. The summed E-state index contributed by atoms with van der Waals surface area (Å²) in [5.74, 6) is -6.03. The van der Waals surface area contributed by atoms with Crippen LogP contribution >= 0.6 is 12.2 Å². The number of carboxylic acids is 1. The summed E-state index contributed by atoms with van der Waals surface area (Å²) in [6.07, 6.45) is 1.14. The Morgan fingerprint density at radius 1 is 0.957 bits per heavy atom. The van der Waals surface area contributed by atoms with Crippen molar-refractivity contribution in [3.63, 3.8) is 0 Å². The highest BCUT2D eigenvalue weighted by molar-refractivity contribution is 7.78. The molecule has 0 saturated carbocycles. The highest BCUT2D eigenvalue weighted by atomic mass is 32.1. The Labute approximate surface area is 278 Å². The molecule has 5 amide bonds. The number of guanidine groups is 1. The number of nitrogens with two attached hydrogens (primary N) is 2. The van der Waals surface area contributed by atoms with Crippen molar-refractivity contribution in [2.24, 2.45) is 22.4 Å². The van der Waals surface area contributed by atoms with Gasteiger partial charge < -0.3 is 53.2 Å². The van der Waals surface area contributed by atoms with Gasteiger partial charge in [-0.2, -0.15) is 0 Å². The van der Waals surface area contributed by atoms with E-state index in [-0.39, 0.29) is 37.7 Å². The van der Waals surface area contributed by atoms with Gasteiger partial charge in [0.05, 0.1) is 18.6 Å². The zero-order valence-electron chi connectivity index (χ0n) is 26.8. The van der Waals surface area contributed by atoms with Crippen LogP contribution in [0.4, 0.5) is 0 Å². The summed E-state index contributed by atoms with van der Waals surface area (Å²) in [5.41, 5.74) is 11.9. The lowest BCUT2D eigenvalue weighted by molar-refractivity contribution is -0.142. The number of rotatable bonds is 21. The molecule has 264 valence electrons. The number of aliphatic imine (C=N–C) groups is 1. The molecule has 19 heteroatoms. The fourth-order valence-electron chi connectivity index (χ4n) is 4.70. The lowest BCUT2D eigenvalue weighted by Gasteiger charge is -2.26. The van der Waals surface area contributed by atoms with Crippen LogP contribution in [0.15, 0.2) is 4.99 Å². The van der Waals surface area contributed by atoms with E-state index in [2.05, 4.69) is 31.6 Å². The Bertz CT molecular complexity index is 1180. The van der Waals surface area contributed by atoms with Gasteiger partial charge in [0.15, 0.2) is 5.96 Å². The van der Waals surface area contributed by atoms with E-state index in [1.165, 1.54) is 12.4 Å². The number of Topliss-reactive ketones (excluding diaryl/α,β-unsaturated/α-hetero) is 1. The highest BCUT2D eigenvalue weighted by Gasteiger charge is 2.33. The van der Waals surface area contributed by atoms with Crippen molar-refractivity contribution in [1.29, 1.82) is 0 Å². The number of hydrogen-bond donors (Lipinski definition) is 9. The van der Waals surface area contributed by atoms with Crippen LogP contribution in [0, 0.1) is 5.92 Å². The van der Waals surface area contributed by atoms with E-state index in [4.69, 9.17) is 23.7 Å². The van der Waals surface area contributed by atoms with Crippen LogP contribution in [0.5, 0.6) is 0 Å². The lowest BCUT2D eigenvalue weighted by atomic mass is 10.0. The Kier molecular flexibility index (Phi) is 17.9. The van der Waals surface area contributed by atoms with Crippen molar-refractivity contribution in [2.45, 2.75) is 89.5 Å². The molecule has 0 aromatic carbocycles. The number of thiocarbonyl (C=S) groups is 1. The minimum Gasteiger partial charge on any atom is -0.480 e. The number of ketones is 1. The van der Waals surface area contributed by atoms with Crippen LogP contribution in [0.25, 0.3) is 0 Å². The molecule has 0 spiro atoms. The van der Waals surface area contributed by atoms with Crippen LogP contribution in [0.1, 0.15) is 59.3 Å². The van der Waals surface area contributed by atoms with Gasteiger partial charge in [0.25, 0.3) is 0 Å². The molecule has 1 heterocycles. The fraction of sp³-hybridized carbons (Fsp3) is 0.679. The molecule has 18 nitrogen and oxygen atoms in total. The molecular weight excluding hydrogens is 638 g/mol. The van der Waals surface area contributed by atoms with E-state index in [0.29, 0.717) is 13.0 Å². The van der Waals surface area contributed by atoms with Gasteiger partial charge in [-0.05, 0) is 44.9 Å². The highest BCUT2D eigenvalue weighted by Crippen LogP contribution is 2.15. The van der Waals surface area contributed by atoms with Crippen molar-refractivity contribution < 1.29 is 43.8 Å². The zero-order chi connectivity index (χ0) is 35.7. The number of carbonyl (C=O) groups excluding carboxylic acids is 6. The third-order valence-electron chi connectivity index (χ3n) is 7.01. The molecule has 1 saturated heterocycles. The van der Waals surface area contributed by atoms with E-state index >= 15 is 0 Å². The van der Waals surface area contributed by atoms with Crippen LogP contribution in [0.3, 0.4) is 0 Å². The van der Waals surface area contributed by atoms with Crippen molar-refractivity contribution >= 4 is 65.0 Å². The maximum Gasteiger partial charge on any atom is 0.326 e. The first kappa shape index (κ1) is 40.6. The number of aliphatic hydroxyl groups excluding tert-OH is 1. The van der Waals surface area contributed by atoms with Crippen LogP contribution in [-0.2, 0) is 33.6 Å². The van der Waals surface area contributed by atoms with Gasteiger partial charge >= 0.3 is 5.97 Å². The second-order valence-corrected chi connectivity index (χ2v) is 11.7. The zero-order valence-corrected chi connectivity index (χ0v) is 27.6. The van der Waals surface area contributed by atoms with E-state index in [0.717, 1.165) is 6.42 Å². The largest absolute Gasteiger partial charge is 0.480 e. The van der Waals surface area contributed by atoms with Crippen molar-refractivity contribution in [1.82, 2.24) is 31.5 Å². The first-order chi connectivity index (χ1) is 22.1. The van der Waals surface area contributed by atoms with Crippen molar-refractivity contribution in [2.75, 3.05) is 26.2 Å². The first-order valence-corrected chi connectivity index (χ1v) is 15.6. The second-order valence-electron chi connectivity index (χ2n) is 11.5. The number of hydrogen-bond acceptors (Lipinski definition) is 10. The summed E-state index contributed by atoms with van der Waals surface area (Å²) >= 11 is 4.91. The minimum atomic E-state index is -1.57. The Morgan fingerprint density at radius 2 is 1.55 bits per heavy atom. The number of carboxylic acid groups (broad SMARTS) is 1. The SMILES string of the molecule is CC(=O)C[C@H](NC(=O)CNC(=O)[C@@H]1CCCN1C=S)C(=O)N[C@@H](CC(C)C)C(=O)N[C@@H](CO)C(=O)N[C@@H](CCCN=C(N)N)C(=O)O.